The average Bonchev–Trinajstić information content (AvgIpc) is 2.81. The fourth-order valence-electron chi connectivity index (χ4n) is 1.81. The van der Waals surface area contributed by atoms with Gasteiger partial charge in [0.2, 0.25) is 10.0 Å². The summed E-state index contributed by atoms with van der Waals surface area (Å²) in [6, 6.07) is 1.00. The summed E-state index contributed by atoms with van der Waals surface area (Å²) in [5.74, 6) is 1.12. The van der Waals surface area contributed by atoms with Crippen molar-refractivity contribution in [1.29, 1.82) is 0 Å². The van der Waals surface area contributed by atoms with Crippen molar-refractivity contribution < 1.29 is 18.3 Å². The lowest BCUT2D eigenvalue weighted by atomic mass is 10.3. The normalized spacial score (nSPS) is 11.8. The lowest BCUT2D eigenvalue weighted by Gasteiger charge is -2.16. The molecule has 1 aromatic heterocycles. The van der Waals surface area contributed by atoms with Crippen LogP contribution in [-0.4, -0.2) is 41.5 Å². The molecule has 0 aliphatic heterocycles. The molecular formula is C13H18N2O4S. The van der Waals surface area contributed by atoms with Gasteiger partial charge in [0.25, 0.3) is 0 Å². The van der Waals surface area contributed by atoms with Crippen LogP contribution in [0.2, 0.25) is 0 Å². The van der Waals surface area contributed by atoms with Gasteiger partial charge in [-0.05, 0) is 19.9 Å². The highest BCUT2D eigenvalue weighted by atomic mass is 32.2. The number of carboxylic acid groups (broad SMARTS) is 1. The Morgan fingerprint density at radius 3 is 2.50 bits per heavy atom. The van der Waals surface area contributed by atoms with Gasteiger partial charge in [-0.1, -0.05) is 12.8 Å². The lowest BCUT2D eigenvalue weighted by Crippen LogP contribution is -2.31. The van der Waals surface area contributed by atoms with Gasteiger partial charge in [-0.25, -0.2) is 13.2 Å². The molecule has 0 saturated heterocycles. The first-order valence-electron chi connectivity index (χ1n) is 6.14. The minimum atomic E-state index is -3.78. The quantitative estimate of drug-likeness (QED) is 0.805. The molecule has 0 aliphatic rings. The largest absolute Gasteiger partial charge is 0.477 e. The summed E-state index contributed by atoms with van der Waals surface area (Å²) in [6.07, 6.45) is 6.49. The third-order valence-electron chi connectivity index (χ3n) is 2.86. The fraction of sp³-hybridized carbons (Fsp3) is 0.462. The van der Waals surface area contributed by atoms with Gasteiger partial charge in [0.15, 0.2) is 0 Å². The van der Waals surface area contributed by atoms with Crippen molar-refractivity contribution in [2.24, 2.45) is 0 Å². The SMILES string of the molecule is C#CCN(CC)S(=O)(=O)c1cc(C(=O)O)n(C(C)C)c1. The first kappa shape index (κ1) is 16.3. The monoisotopic (exact) mass is 298 g/mol. The van der Waals surface area contributed by atoms with Crippen molar-refractivity contribution in [1.82, 2.24) is 8.87 Å². The number of hydrogen-bond donors (Lipinski definition) is 1. The summed E-state index contributed by atoms with van der Waals surface area (Å²) in [4.78, 5) is 11.1. The van der Waals surface area contributed by atoms with Gasteiger partial charge in [-0.15, -0.1) is 6.42 Å². The molecule has 0 amide bonds. The number of aromatic carboxylic acids is 1. The zero-order valence-electron chi connectivity index (χ0n) is 11.7. The molecule has 1 aromatic rings. The van der Waals surface area contributed by atoms with Gasteiger partial charge in [-0.3, -0.25) is 0 Å². The van der Waals surface area contributed by atoms with Crippen LogP contribution in [0.3, 0.4) is 0 Å². The van der Waals surface area contributed by atoms with Crippen molar-refractivity contribution in [3.05, 3.63) is 18.0 Å². The molecule has 7 heteroatoms. The van der Waals surface area contributed by atoms with Crippen LogP contribution in [0.25, 0.3) is 0 Å². The van der Waals surface area contributed by atoms with E-state index in [1.807, 2.05) is 0 Å². The van der Waals surface area contributed by atoms with Crippen molar-refractivity contribution in [3.63, 3.8) is 0 Å². The van der Waals surface area contributed by atoms with E-state index < -0.39 is 16.0 Å². The van der Waals surface area contributed by atoms with Crippen LogP contribution in [0, 0.1) is 12.3 Å². The Labute approximate surface area is 119 Å². The van der Waals surface area contributed by atoms with Gasteiger partial charge in [-0.2, -0.15) is 4.31 Å². The van der Waals surface area contributed by atoms with Crippen molar-refractivity contribution >= 4 is 16.0 Å². The van der Waals surface area contributed by atoms with Crippen molar-refractivity contribution in [2.75, 3.05) is 13.1 Å². The highest BCUT2D eigenvalue weighted by molar-refractivity contribution is 7.89. The van der Waals surface area contributed by atoms with E-state index >= 15 is 0 Å². The molecule has 0 atom stereocenters. The molecule has 0 saturated carbocycles. The van der Waals surface area contributed by atoms with Crippen LogP contribution in [-0.2, 0) is 10.0 Å². The Balaban J connectivity index is 3.37. The minimum Gasteiger partial charge on any atom is -0.477 e. The topological polar surface area (TPSA) is 79.6 Å². The zero-order chi connectivity index (χ0) is 15.5. The summed E-state index contributed by atoms with van der Waals surface area (Å²) >= 11 is 0. The number of rotatable bonds is 6. The average molecular weight is 298 g/mol. The molecule has 0 radical (unpaired) electrons. The van der Waals surface area contributed by atoms with Crippen LogP contribution in [0.4, 0.5) is 0 Å². The van der Waals surface area contributed by atoms with Crippen LogP contribution >= 0.6 is 0 Å². The second-order valence-corrected chi connectivity index (χ2v) is 6.44. The summed E-state index contributed by atoms with van der Waals surface area (Å²) in [7, 11) is -3.78. The van der Waals surface area contributed by atoms with Crippen LogP contribution in [0.15, 0.2) is 17.2 Å². The van der Waals surface area contributed by atoms with Crippen LogP contribution in [0.1, 0.15) is 37.3 Å². The van der Waals surface area contributed by atoms with Gasteiger partial charge in [0.1, 0.15) is 10.6 Å². The smallest absolute Gasteiger partial charge is 0.352 e. The molecular weight excluding hydrogens is 280 g/mol. The Morgan fingerprint density at radius 1 is 1.55 bits per heavy atom. The van der Waals surface area contributed by atoms with E-state index in [9.17, 15) is 13.2 Å². The summed E-state index contributed by atoms with van der Waals surface area (Å²) in [6.45, 7) is 5.41. The van der Waals surface area contributed by atoms with Gasteiger partial charge in [0, 0.05) is 18.8 Å². The maximum Gasteiger partial charge on any atom is 0.352 e. The number of terminal acetylenes is 1. The van der Waals surface area contributed by atoms with E-state index in [0.29, 0.717) is 0 Å². The highest BCUT2D eigenvalue weighted by Gasteiger charge is 2.27. The second kappa shape index (κ2) is 6.11. The summed E-state index contributed by atoms with van der Waals surface area (Å²) < 4.78 is 27.3. The molecule has 0 unspecified atom stereocenters. The summed E-state index contributed by atoms with van der Waals surface area (Å²) in [5, 5.41) is 9.13. The molecule has 110 valence electrons. The predicted octanol–water partition coefficient (Wildman–Crippen LogP) is 1.41. The first-order valence-corrected chi connectivity index (χ1v) is 7.58. The number of hydrogen-bond acceptors (Lipinski definition) is 3. The van der Waals surface area contributed by atoms with E-state index in [-0.39, 0.29) is 29.7 Å². The lowest BCUT2D eigenvalue weighted by molar-refractivity contribution is 0.0683. The first-order chi connectivity index (χ1) is 9.25. The molecule has 0 bridgehead atoms. The second-order valence-electron chi connectivity index (χ2n) is 4.50. The van der Waals surface area contributed by atoms with Crippen LogP contribution in [0.5, 0.6) is 0 Å². The Hall–Kier alpha value is -1.78. The van der Waals surface area contributed by atoms with Gasteiger partial charge >= 0.3 is 5.97 Å². The molecule has 6 nitrogen and oxygen atoms in total. The Kier molecular flexibility index (Phi) is 4.98. The minimum absolute atomic E-state index is 0.0475. The van der Waals surface area contributed by atoms with E-state index in [1.165, 1.54) is 10.8 Å². The molecule has 20 heavy (non-hydrogen) atoms. The van der Waals surface area contributed by atoms with E-state index in [2.05, 4.69) is 5.92 Å². The number of nitrogens with zero attached hydrogens (tertiary/aromatic N) is 2. The zero-order valence-corrected chi connectivity index (χ0v) is 12.5. The third kappa shape index (κ3) is 3.03. The predicted molar refractivity (Wildman–Crippen MR) is 75.0 cm³/mol. The van der Waals surface area contributed by atoms with Crippen LogP contribution < -0.4 is 0 Å². The molecule has 0 aromatic carbocycles. The molecule has 0 aliphatic carbocycles. The van der Waals surface area contributed by atoms with Gasteiger partial charge < -0.3 is 9.67 Å². The molecule has 0 spiro atoms. The third-order valence-corrected chi connectivity index (χ3v) is 4.74. The number of sulfonamides is 1. The fourth-order valence-corrected chi connectivity index (χ4v) is 3.20. The van der Waals surface area contributed by atoms with Crippen molar-refractivity contribution in [3.8, 4) is 12.3 Å². The standard InChI is InChI=1S/C13H18N2O4S/c1-5-7-14(6-2)20(18,19)11-8-12(13(16)17)15(9-11)10(3)4/h1,8-10H,6-7H2,2-4H3,(H,16,17). The highest BCUT2D eigenvalue weighted by Crippen LogP contribution is 2.22. The molecule has 1 N–H and O–H groups in total. The van der Waals surface area contributed by atoms with E-state index in [4.69, 9.17) is 11.5 Å². The van der Waals surface area contributed by atoms with E-state index in [1.54, 1.807) is 20.8 Å². The maximum absolute atomic E-state index is 12.4. The Bertz CT molecular complexity index is 638. The maximum atomic E-state index is 12.4. The van der Waals surface area contributed by atoms with Gasteiger partial charge in [0.05, 0.1) is 6.54 Å². The van der Waals surface area contributed by atoms with Crippen molar-refractivity contribution in [2.45, 2.75) is 31.7 Å². The van der Waals surface area contributed by atoms with E-state index in [0.717, 1.165) is 10.4 Å². The number of carboxylic acids is 1. The number of aromatic nitrogens is 1. The summed E-state index contributed by atoms with van der Waals surface area (Å²) in [5.41, 5.74) is -0.0599. The molecule has 1 rings (SSSR count). The molecule has 0 fully saturated rings. The number of carbonyl (C=O) groups is 1. The molecule has 1 heterocycles. The Morgan fingerprint density at radius 2 is 2.15 bits per heavy atom.